The largest absolute Gasteiger partial charge is 0.694 e. The summed E-state index contributed by atoms with van der Waals surface area (Å²) < 4.78 is 14.5. The van der Waals surface area contributed by atoms with Crippen molar-refractivity contribution in [3.05, 3.63) is 0 Å². The molecule has 1 N–H and O–H groups in total. The maximum atomic E-state index is 10.0. The minimum absolute atomic E-state index is 0. The summed E-state index contributed by atoms with van der Waals surface area (Å²) >= 11 is 0. The van der Waals surface area contributed by atoms with Gasteiger partial charge in [0.15, 0.2) is 0 Å². The first kappa shape index (κ1) is 15.0. The molecule has 0 radical (unpaired) electrons. The molecule has 0 aromatic heterocycles. The van der Waals surface area contributed by atoms with Crippen LogP contribution >= 0.6 is 8.25 Å². The predicted octanol–water partition coefficient (Wildman–Crippen LogP) is 2.62. The van der Waals surface area contributed by atoms with Crippen LogP contribution in [0.25, 0.3) is 0 Å². The number of rotatable bonds is 7. The van der Waals surface area contributed by atoms with E-state index in [2.05, 4.69) is 11.4 Å². The Morgan fingerprint density at radius 2 is 1.83 bits per heavy atom. The molecule has 5 heteroatoms. The van der Waals surface area contributed by atoms with E-state index < -0.39 is 8.25 Å². The van der Waals surface area contributed by atoms with Gasteiger partial charge in [-0.2, -0.15) is 0 Å². The zero-order chi connectivity index (χ0) is 8.53. The monoisotopic (exact) mass is 237 g/mol. The molecule has 1 atom stereocenters. The van der Waals surface area contributed by atoms with E-state index in [0.717, 1.165) is 12.8 Å². The standard InChI is InChI=1S/C7H15O3P.Ni/c1-2-3-4-5-6-7-10-11(8)9;/h2-7H2,1H3;/p+1. The molecule has 12 heavy (non-hydrogen) atoms. The van der Waals surface area contributed by atoms with Gasteiger partial charge in [-0.25, -0.2) is 0 Å². The second-order valence-electron chi connectivity index (χ2n) is 2.49. The maximum absolute atomic E-state index is 10.0. The third-order valence-corrected chi connectivity index (χ3v) is 1.85. The van der Waals surface area contributed by atoms with E-state index in [9.17, 15) is 4.57 Å². The van der Waals surface area contributed by atoms with Crippen LogP contribution in [0.2, 0.25) is 0 Å². The minimum Gasteiger partial charge on any atom is -0.133 e. The average molecular weight is 238 g/mol. The van der Waals surface area contributed by atoms with Crippen molar-refractivity contribution < 1.29 is 30.5 Å². The first-order valence-electron chi connectivity index (χ1n) is 4.06. The van der Waals surface area contributed by atoms with E-state index in [1.165, 1.54) is 19.3 Å². The van der Waals surface area contributed by atoms with E-state index >= 15 is 0 Å². The van der Waals surface area contributed by atoms with Gasteiger partial charge >= 0.3 is 8.25 Å². The average Bonchev–Trinajstić information content (AvgIpc) is 1.96. The normalized spacial score (nSPS) is 10.7. The predicted molar refractivity (Wildman–Crippen MR) is 44.5 cm³/mol. The fourth-order valence-corrected chi connectivity index (χ4v) is 1.13. The van der Waals surface area contributed by atoms with Crippen molar-refractivity contribution in [1.82, 2.24) is 0 Å². The van der Waals surface area contributed by atoms with Gasteiger partial charge < -0.3 is 0 Å². The minimum atomic E-state index is -2.37. The van der Waals surface area contributed by atoms with Gasteiger partial charge in [0.1, 0.15) is 6.61 Å². The SMILES string of the molecule is CCCCCCCO[P+](=O)O.[Ni]. The van der Waals surface area contributed by atoms with Gasteiger partial charge in [-0.1, -0.05) is 32.6 Å². The van der Waals surface area contributed by atoms with Crippen molar-refractivity contribution in [2.24, 2.45) is 0 Å². The van der Waals surface area contributed by atoms with Gasteiger partial charge in [-0.3, -0.25) is 0 Å². The van der Waals surface area contributed by atoms with Crippen LogP contribution in [-0.4, -0.2) is 11.5 Å². The molecule has 0 saturated carbocycles. The molecule has 0 amide bonds. The van der Waals surface area contributed by atoms with Crippen molar-refractivity contribution in [3.8, 4) is 0 Å². The zero-order valence-electron chi connectivity index (χ0n) is 7.27. The molecule has 3 nitrogen and oxygen atoms in total. The fraction of sp³-hybridized carbons (Fsp3) is 1.00. The smallest absolute Gasteiger partial charge is 0.133 e. The summed E-state index contributed by atoms with van der Waals surface area (Å²) in [5.41, 5.74) is 0. The van der Waals surface area contributed by atoms with Crippen molar-refractivity contribution in [2.75, 3.05) is 6.61 Å². The van der Waals surface area contributed by atoms with Gasteiger partial charge in [-0.05, 0) is 6.42 Å². The third-order valence-electron chi connectivity index (χ3n) is 1.45. The fourth-order valence-electron chi connectivity index (χ4n) is 0.848. The molecular weight excluding hydrogens is 222 g/mol. The van der Waals surface area contributed by atoms with Crippen LogP contribution in [0.1, 0.15) is 39.0 Å². The Morgan fingerprint density at radius 1 is 1.25 bits per heavy atom. The molecule has 0 aliphatic rings. The van der Waals surface area contributed by atoms with Crippen LogP contribution in [0.5, 0.6) is 0 Å². The molecule has 0 aromatic rings. The van der Waals surface area contributed by atoms with E-state index in [0.29, 0.717) is 6.61 Å². The molecule has 76 valence electrons. The summed E-state index contributed by atoms with van der Waals surface area (Å²) in [6.07, 6.45) is 5.64. The Labute approximate surface area is 84.8 Å². The Hall–Kier alpha value is 0.514. The molecule has 0 spiro atoms. The van der Waals surface area contributed by atoms with Gasteiger partial charge in [-0.15, -0.1) is 9.42 Å². The quantitative estimate of drug-likeness (QED) is 0.421. The molecule has 0 aliphatic carbocycles. The van der Waals surface area contributed by atoms with Gasteiger partial charge in [0, 0.05) is 21.1 Å². The summed E-state index contributed by atoms with van der Waals surface area (Å²) in [6, 6.07) is 0. The Balaban J connectivity index is 0. The maximum Gasteiger partial charge on any atom is 0.694 e. The molecule has 0 heterocycles. The second kappa shape index (κ2) is 11.5. The van der Waals surface area contributed by atoms with Crippen molar-refractivity contribution >= 4 is 8.25 Å². The van der Waals surface area contributed by atoms with Gasteiger partial charge in [0.25, 0.3) is 0 Å². The molecule has 0 saturated heterocycles. The van der Waals surface area contributed by atoms with Crippen LogP contribution in [-0.2, 0) is 25.6 Å². The molecule has 0 aromatic carbocycles. The van der Waals surface area contributed by atoms with Crippen LogP contribution < -0.4 is 0 Å². The van der Waals surface area contributed by atoms with Crippen molar-refractivity contribution in [3.63, 3.8) is 0 Å². The van der Waals surface area contributed by atoms with Gasteiger partial charge in [0.2, 0.25) is 0 Å². The number of unbranched alkanes of at least 4 members (excludes halogenated alkanes) is 4. The Morgan fingerprint density at radius 3 is 2.33 bits per heavy atom. The second-order valence-corrected chi connectivity index (χ2v) is 3.22. The molecule has 1 unspecified atom stereocenters. The summed E-state index contributed by atoms with van der Waals surface area (Å²) in [5.74, 6) is 0. The Bertz CT molecular complexity index is 111. The summed E-state index contributed by atoms with van der Waals surface area (Å²) in [7, 11) is -2.37. The first-order chi connectivity index (χ1) is 5.27. The molecule has 0 fully saturated rings. The molecule has 0 aliphatic heterocycles. The summed E-state index contributed by atoms with van der Waals surface area (Å²) in [4.78, 5) is 8.24. The number of hydrogen-bond donors (Lipinski definition) is 1. The van der Waals surface area contributed by atoms with Crippen molar-refractivity contribution in [1.29, 1.82) is 0 Å². The van der Waals surface area contributed by atoms with Crippen LogP contribution in [0, 0.1) is 0 Å². The summed E-state index contributed by atoms with van der Waals surface area (Å²) in [5, 5.41) is 0. The zero-order valence-corrected chi connectivity index (χ0v) is 9.15. The first-order valence-corrected chi connectivity index (χ1v) is 5.19. The van der Waals surface area contributed by atoms with E-state index in [-0.39, 0.29) is 16.5 Å². The topological polar surface area (TPSA) is 46.5 Å². The van der Waals surface area contributed by atoms with Crippen LogP contribution in [0.3, 0.4) is 0 Å². The van der Waals surface area contributed by atoms with Crippen molar-refractivity contribution in [2.45, 2.75) is 39.0 Å². The molecule has 0 rings (SSSR count). The Kier molecular flexibility index (Phi) is 14.4. The molecule has 0 bridgehead atoms. The van der Waals surface area contributed by atoms with Crippen LogP contribution in [0.15, 0.2) is 0 Å². The third kappa shape index (κ3) is 13.1. The molecular formula is C7H16NiO3P+. The summed E-state index contributed by atoms with van der Waals surface area (Å²) in [6.45, 7) is 2.57. The number of hydrogen-bond acceptors (Lipinski definition) is 2. The van der Waals surface area contributed by atoms with Gasteiger partial charge in [0.05, 0.1) is 0 Å². The van der Waals surface area contributed by atoms with E-state index in [1.54, 1.807) is 0 Å². The van der Waals surface area contributed by atoms with Crippen LogP contribution in [0.4, 0.5) is 0 Å². The van der Waals surface area contributed by atoms with E-state index in [1.807, 2.05) is 0 Å². The van der Waals surface area contributed by atoms with E-state index in [4.69, 9.17) is 4.89 Å².